The number of ether oxygens (including phenoxy) is 1. The topological polar surface area (TPSA) is 55.4 Å². The van der Waals surface area contributed by atoms with E-state index in [0.29, 0.717) is 19.0 Å². The summed E-state index contributed by atoms with van der Waals surface area (Å²) in [5, 5.41) is 3.35. The molecule has 1 atom stereocenters. The molecule has 4 nitrogen and oxygen atoms in total. The van der Waals surface area contributed by atoms with Gasteiger partial charge in [0.15, 0.2) is 9.84 Å². The molecule has 0 radical (unpaired) electrons. The van der Waals surface area contributed by atoms with Crippen LogP contribution in [0.25, 0.3) is 0 Å². The van der Waals surface area contributed by atoms with Gasteiger partial charge in [-0.3, -0.25) is 0 Å². The van der Waals surface area contributed by atoms with Crippen molar-refractivity contribution >= 4 is 25.8 Å². The molecule has 0 spiro atoms. The molecule has 0 bridgehead atoms. The molecule has 1 fully saturated rings. The lowest BCUT2D eigenvalue weighted by atomic mass is 10.2. The van der Waals surface area contributed by atoms with E-state index in [1.54, 1.807) is 0 Å². The third-order valence-corrected chi connectivity index (χ3v) is 5.44. The summed E-state index contributed by atoms with van der Waals surface area (Å²) in [6.45, 7) is 4.87. The Kier molecular flexibility index (Phi) is 5.09. The van der Waals surface area contributed by atoms with E-state index in [4.69, 9.17) is 4.74 Å². The molecule has 1 aliphatic heterocycles. The number of hydrogen-bond acceptors (Lipinski definition) is 4. The van der Waals surface area contributed by atoms with E-state index in [0.717, 1.165) is 15.8 Å². The minimum atomic E-state index is -2.91. The average molecular weight is 362 g/mol. The normalized spacial score (nSPS) is 21.3. The maximum Gasteiger partial charge on any atom is 0.154 e. The molecule has 2 rings (SSSR count). The fourth-order valence-corrected chi connectivity index (χ4v) is 4.15. The predicted octanol–water partition coefficient (Wildman–Crippen LogP) is 2.51. The van der Waals surface area contributed by atoms with Crippen LogP contribution in [0.1, 0.15) is 25.8 Å². The van der Waals surface area contributed by atoms with Crippen molar-refractivity contribution in [1.82, 2.24) is 5.32 Å². The second-order valence-electron chi connectivity index (χ2n) is 5.43. The monoisotopic (exact) mass is 361 g/mol. The first-order valence-electron chi connectivity index (χ1n) is 6.74. The van der Waals surface area contributed by atoms with Crippen molar-refractivity contribution in [3.63, 3.8) is 0 Å². The van der Waals surface area contributed by atoms with Crippen LogP contribution in [-0.2, 0) is 16.4 Å². The van der Waals surface area contributed by atoms with Crippen molar-refractivity contribution in [2.24, 2.45) is 0 Å². The van der Waals surface area contributed by atoms with Crippen LogP contribution in [-0.4, -0.2) is 32.1 Å². The van der Waals surface area contributed by atoms with Crippen LogP contribution >= 0.6 is 15.9 Å². The van der Waals surface area contributed by atoms with Crippen LogP contribution in [0.3, 0.4) is 0 Å². The fourth-order valence-electron chi connectivity index (χ4n) is 2.15. The van der Waals surface area contributed by atoms with E-state index >= 15 is 0 Å². The number of hydrogen-bond donors (Lipinski definition) is 1. The first-order chi connectivity index (χ1) is 9.35. The van der Waals surface area contributed by atoms with E-state index in [-0.39, 0.29) is 17.6 Å². The molecule has 0 amide bonds. The summed E-state index contributed by atoms with van der Waals surface area (Å²) in [4.78, 5) is 0. The third-order valence-electron chi connectivity index (χ3n) is 3.21. The smallest absolute Gasteiger partial charge is 0.154 e. The predicted molar refractivity (Wildman–Crippen MR) is 83.8 cm³/mol. The highest BCUT2D eigenvalue weighted by Gasteiger charge is 2.29. The number of nitrogens with one attached hydrogen (secondary N) is 1. The van der Waals surface area contributed by atoms with Crippen LogP contribution in [0.5, 0.6) is 5.75 Å². The van der Waals surface area contributed by atoms with Gasteiger partial charge in [-0.05, 0) is 24.6 Å². The van der Waals surface area contributed by atoms with Gasteiger partial charge in [0.1, 0.15) is 11.9 Å². The third kappa shape index (κ3) is 4.46. The molecule has 1 aromatic rings. The molecule has 20 heavy (non-hydrogen) atoms. The lowest BCUT2D eigenvalue weighted by molar-refractivity contribution is 0.226. The van der Waals surface area contributed by atoms with Crippen LogP contribution < -0.4 is 10.1 Å². The summed E-state index contributed by atoms with van der Waals surface area (Å²) >= 11 is 3.45. The van der Waals surface area contributed by atoms with E-state index in [1.165, 1.54) is 0 Å². The molecule has 6 heteroatoms. The highest BCUT2D eigenvalue weighted by Crippen LogP contribution is 2.26. The van der Waals surface area contributed by atoms with Gasteiger partial charge in [0.25, 0.3) is 0 Å². The minimum Gasteiger partial charge on any atom is -0.489 e. The number of halogens is 1. The van der Waals surface area contributed by atoms with Crippen LogP contribution in [0, 0.1) is 0 Å². The van der Waals surface area contributed by atoms with Crippen LogP contribution in [0.2, 0.25) is 0 Å². The molecule has 1 aliphatic rings. The van der Waals surface area contributed by atoms with Crippen molar-refractivity contribution in [2.45, 2.75) is 39.0 Å². The number of benzene rings is 1. The standard InChI is InChI=1S/C14H20BrNO3S/c1-10(2)16-8-11-7-12(15)3-4-14(11)19-13-5-6-20(17,18)9-13/h3-4,7,10,13,16H,5-6,8-9H2,1-2H3. The molecule has 0 aliphatic carbocycles. The summed E-state index contributed by atoms with van der Waals surface area (Å²) < 4.78 is 29.9. The molecule has 0 aromatic heterocycles. The SMILES string of the molecule is CC(C)NCc1cc(Br)ccc1OC1CCS(=O)(=O)C1. The van der Waals surface area contributed by atoms with Gasteiger partial charge in [-0.2, -0.15) is 0 Å². The minimum absolute atomic E-state index is 0.125. The Bertz CT molecular complexity index is 572. The Morgan fingerprint density at radius 1 is 1.45 bits per heavy atom. The molecule has 1 saturated heterocycles. The zero-order chi connectivity index (χ0) is 14.8. The first-order valence-corrected chi connectivity index (χ1v) is 9.36. The molecule has 1 N–H and O–H groups in total. The Balaban J connectivity index is 2.10. The molecule has 1 aromatic carbocycles. The van der Waals surface area contributed by atoms with Crippen LogP contribution in [0.15, 0.2) is 22.7 Å². The maximum absolute atomic E-state index is 11.5. The Morgan fingerprint density at radius 3 is 2.80 bits per heavy atom. The van der Waals surface area contributed by atoms with Crippen molar-refractivity contribution in [3.8, 4) is 5.75 Å². The summed E-state index contributed by atoms with van der Waals surface area (Å²) in [7, 11) is -2.91. The zero-order valence-corrected chi connectivity index (χ0v) is 14.1. The summed E-state index contributed by atoms with van der Waals surface area (Å²) in [6.07, 6.45) is 0.356. The Morgan fingerprint density at radius 2 is 2.20 bits per heavy atom. The second kappa shape index (κ2) is 6.45. The lowest BCUT2D eigenvalue weighted by Crippen LogP contribution is -2.23. The van der Waals surface area contributed by atoms with Gasteiger partial charge in [-0.1, -0.05) is 29.8 Å². The van der Waals surface area contributed by atoms with Crippen molar-refractivity contribution in [3.05, 3.63) is 28.2 Å². The number of rotatable bonds is 5. The molecular formula is C14H20BrNO3S. The molecule has 0 saturated carbocycles. The van der Waals surface area contributed by atoms with Crippen molar-refractivity contribution in [2.75, 3.05) is 11.5 Å². The van der Waals surface area contributed by atoms with Gasteiger partial charge in [0.2, 0.25) is 0 Å². The Hall–Kier alpha value is -0.590. The summed E-state index contributed by atoms with van der Waals surface area (Å²) in [5.41, 5.74) is 1.04. The fraction of sp³-hybridized carbons (Fsp3) is 0.571. The van der Waals surface area contributed by atoms with E-state index in [1.807, 2.05) is 18.2 Å². The van der Waals surface area contributed by atoms with Gasteiger partial charge in [-0.15, -0.1) is 0 Å². The largest absolute Gasteiger partial charge is 0.489 e. The van der Waals surface area contributed by atoms with Gasteiger partial charge < -0.3 is 10.1 Å². The first kappa shape index (κ1) is 15.8. The lowest BCUT2D eigenvalue weighted by Gasteiger charge is -2.17. The van der Waals surface area contributed by atoms with Crippen molar-refractivity contribution in [1.29, 1.82) is 0 Å². The van der Waals surface area contributed by atoms with E-state index in [9.17, 15) is 8.42 Å². The van der Waals surface area contributed by atoms with E-state index in [2.05, 4.69) is 35.1 Å². The Labute approximate surface area is 129 Å². The number of sulfone groups is 1. The van der Waals surface area contributed by atoms with Gasteiger partial charge in [0.05, 0.1) is 11.5 Å². The van der Waals surface area contributed by atoms with Gasteiger partial charge in [0, 0.05) is 22.6 Å². The molecule has 112 valence electrons. The highest BCUT2D eigenvalue weighted by molar-refractivity contribution is 9.10. The average Bonchev–Trinajstić information content (AvgIpc) is 2.69. The van der Waals surface area contributed by atoms with Crippen LogP contribution in [0.4, 0.5) is 0 Å². The van der Waals surface area contributed by atoms with Crippen molar-refractivity contribution < 1.29 is 13.2 Å². The zero-order valence-electron chi connectivity index (χ0n) is 11.7. The van der Waals surface area contributed by atoms with Gasteiger partial charge >= 0.3 is 0 Å². The maximum atomic E-state index is 11.5. The van der Waals surface area contributed by atoms with Gasteiger partial charge in [-0.25, -0.2) is 8.42 Å². The summed E-state index contributed by atoms with van der Waals surface area (Å²) in [5.74, 6) is 1.12. The molecule has 1 unspecified atom stereocenters. The quantitative estimate of drug-likeness (QED) is 0.875. The second-order valence-corrected chi connectivity index (χ2v) is 8.57. The molecule has 1 heterocycles. The highest BCUT2D eigenvalue weighted by atomic mass is 79.9. The van der Waals surface area contributed by atoms with E-state index < -0.39 is 9.84 Å². The summed E-state index contributed by atoms with van der Waals surface area (Å²) in [6, 6.07) is 6.20. The molecular weight excluding hydrogens is 342 g/mol.